The number of hydrogen-bond acceptors (Lipinski definition) is 5. The fourth-order valence-corrected chi connectivity index (χ4v) is 4.99. The normalized spacial score (nSPS) is 11.9. The molecule has 0 aliphatic heterocycles. The van der Waals surface area contributed by atoms with E-state index in [0.29, 0.717) is 0 Å². The molecule has 2 amide bonds. The number of carbonyl (C=O) groups excluding carboxylic acids is 2. The van der Waals surface area contributed by atoms with Gasteiger partial charge in [-0.25, -0.2) is 12.8 Å². The lowest BCUT2D eigenvalue weighted by Crippen LogP contribution is -2.53. The number of benzene rings is 3. The van der Waals surface area contributed by atoms with Gasteiger partial charge in [-0.15, -0.1) is 0 Å². The average molecular weight is 562 g/mol. The van der Waals surface area contributed by atoms with Crippen LogP contribution >= 0.6 is 11.6 Å². The number of methoxy groups -OCH3 is 1. The molecule has 0 radical (unpaired) electrons. The van der Waals surface area contributed by atoms with Gasteiger partial charge in [-0.3, -0.25) is 13.9 Å². The van der Waals surface area contributed by atoms with Gasteiger partial charge >= 0.3 is 0 Å². The van der Waals surface area contributed by atoms with E-state index >= 15 is 0 Å². The van der Waals surface area contributed by atoms with E-state index in [0.717, 1.165) is 16.1 Å². The van der Waals surface area contributed by atoms with Crippen LogP contribution in [0, 0.1) is 5.82 Å². The van der Waals surface area contributed by atoms with Crippen molar-refractivity contribution in [2.24, 2.45) is 0 Å². The maximum Gasteiger partial charge on any atom is 0.244 e. The van der Waals surface area contributed by atoms with Crippen LogP contribution in [0.4, 0.5) is 10.1 Å². The Labute approximate surface area is 227 Å². The highest BCUT2D eigenvalue weighted by atomic mass is 35.5. The Kier molecular flexibility index (Phi) is 9.71. The average Bonchev–Trinajstić information content (AvgIpc) is 2.89. The van der Waals surface area contributed by atoms with E-state index in [-0.39, 0.29) is 35.0 Å². The summed E-state index contributed by atoms with van der Waals surface area (Å²) in [4.78, 5) is 28.1. The highest BCUT2D eigenvalue weighted by Gasteiger charge is 2.33. The second-order valence-electron chi connectivity index (χ2n) is 8.52. The minimum atomic E-state index is -4.01. The minimum absolute atomic E-state index is 0.0567. The van der Waals surface area contributed by atoms with Gasteiger partial charge in [0.15, 0.2) is 0 Å². The number of nitrogens with zero attached hydrogens (tertiary/aromatic N) is 2. The highest BCUT2D eigenvalue weighted by Crippen LogP contribution is 2.33. The number of carbonyl (C=O) groups is 2. The van der Waals surface area contributed by atoms with Gasteiger partial charge in [0.25, 0.3) is 0 Å². The van der Waals surface area contributed by atoms with Gasteiger partial charge in [0.2, 0.25) is 21.8 Å². The van der Waals surface area contributed by atoms with E-state index < -0.39 is 40.2 Å². The second-order valence-corrected chi connectivity index (χ2v) is 10.9. The molecule has 1 unspecified atom stereocenters. The van der Waals surface area contributed by atoms with Gasteiger partial charge in [-0.1, -0.05) is 60.1 Å². The van der Waals surface area contributed by atoms with E-state index in [9.17, 15) is 22.4 Å². The van der Waals surface area contributed by atoms with Crippen molar-refractivity contribution in [3.8, 4) is 5.75 Å². The number of sulfonamides is 1. The van der Waals surface area contributed by atoms with Crippen LogP contribution in [-0.4, -0.2) is 58.1 Å². The number of rotatable bonds is 11. The first-order valence-electron chi connectivity index (χ1n) is 11.6. The van der Waals surface area contributed by atoms with Crippen molar-refractivity contribution >= 4 is 39.1 Å². The Morgan fingerprint density at radius 1 is 1.05 bits per heavy atom. The zero-order chi connectivity index (χ0) is 27.9. The first-order valence-corrected chi connectivity index (χ1v) is 13.9. The summed E-state index contributed by atoms with van der Waals surface area (Å²) in [6.07, 6.45) is 1.07. The Balaban J connectivity index is 2.08. The van der Waals surface area contributed by atoms with Crippen molar-refractivity contribution < 1.29 is 27.1 Å². The molecule has 11 heteroatoms. The van der Waals surface area contributed by atoms with Crippen molar-refractivity contribution in [1.29, 1.82) is 0 Å². The molecule has 3 rings (SSSR count). The molecule has 0 aromatic heterocycles. The fraction of sp³-hybridized carbons (Fsp3) is 0.259. The Morgan fingerprint density at radius 2 is 1.71 bits per heavy atom. The second kappa shape index (κ2) is 12.7. The molecule has 0 fully saturated rings. The standard InChI is InChI=1S/C27H29ClFN3O5S/c1-30-27(34)24(15-19-9-5-4-6-10-19)31(17-20-11-7-8-12-22(20)29)26(33)18-32(38(3,35)36)23-16-21(28)13-14-25(23)37-2/h4-14,16,24H,15,17-18H2,1-3H3,(H,30,34). The third-order valence-corrected chi connectivity index (χ3v) is 7.27. The molecule has 1 N–H and O–H groups in total. The van der Waals surface area contributed by atoms with E-state index in [1.807, 2.05) is 6.07 Å². The molecule has 0 aliphatic carbocycles. The quantitative estimate of drug-likeness (QED) is 0.386. The van der Waals surface area contributed by atoms with Crippen LogP contribution in [0.15, 0.2) is 72.8 Å². The number of ether oxygens (including phenoxy) is 1. The van der Waals surface area contributed by atoms with Gasteiger partial charge in [-0.2, -0.15) is 0 Å². The van der Waals surface area contributed by atoms with Crippen LogP contribution in [0.2, 0.25) is 5.02 Å². The molecule has 3 aromatic rings. The van der Waals surface area contributed by atoms with Crippen LogP contribution in [0.5, 0.6) is 5.75 Å². The van der Waals surface area contributed by atoms with E-state index in [2.05, 4.69) is 5.32 Å². The number of amides is 2. The van der Waals surface area contributed by atoms with Crippen LogP contribution < -0.4 is 14.4 Å². The fourth-order valence-electron chi connectivity index (χ4n) is 3.98. The van der Waals surface area contributed by atoms with Crippen molar-refractivity contribution in [2.75, 3.05) is 31.3 Å². The zero-order valence-corrected chi connectivity index (χ0v) is 22.8. The van der Waals surface area contributed by atoms with Crippen LogP contribution in [0.1, 0.15) is 11.1 Å². The summed E-state index contributed by atoms with van der Waals surface area (Å²) >= 11 is 6.13. The highest BCUT2D eigenvalue weighted by molar-refractivity contribution is 7.92. The van der Waals surface area contributed by atoms with Gasteiger partial charge in [0.1, 0.15) is 24.2 Å². The number of nitrogens with one attached hydrogen (secondary N) is 1. The van der Waals surface area contributed by atoms with Crippen LogP contribution in [-0.2, 0) is 32.6 Å². The minimum Gasteiger partial charge on any atom is -0.495 e. The summed E-state index contributed by atoms with van der Waals surface area (Å²) in [6, 6.07) is 18.3. The number of hydrogen-bond donors (Lipinski definition) is 1. The van der Waals surface area contributed by atoms with Gasteiger partial charge in [-0.05, 0) is 29.8 Å². The lowest BCUT2D eigenvalue weighted by atomic mass is 10.0. The smallest absolute Gasteiger partial charge is 0.244 e. The van der Waals surface area contributed by atoms with Crippen LogP contribution in [0.3, 0.4) is 0 Å². The molecular formula is C27H29ClFN3O5S. The molecule has 0 aliphatic rings. The number of likely N-dealkylation sites (N-methyl/N-ethyl adjacent to an activating group) is 1. The molecule has 0 saturated heterocycles. The zero-order valence-electron chi connectivity index (χ0n) is 21.2. The first kappa shape index (κ1) is 28.9. The number of halogens is 2. The lowest BCUT2D eigenvalue weighted by molar-refractivity contribution is -0.139. The maximum absolute atomic E-state index is 14.7. The van der Waals surface area contributed by atoms with Crippen LogP contribution in [0.25, 0.3) is 0 Å². The predicted molar refractivity (Wildman–Crippen MR) is 145 cm³/mol. The summed E-state index contributed by atoms with van der Waals surface area (Å²) in [5.74, 6) is -1.58. The van der Waals surface area contributed by atoms with Crippen molar-refractivity contribution in [2.45, 2.75) is 19.0 Å². The van der Waals surface area contributed by atoms with Gasteiger partial charge < -0.3 is 15.0 Å². The summed E-state index contributed by atoms with van der Waals surface area (Å²) in [5, 5.41) is 2.80. The maximum atomic E-state index is 14.7. The topological polar surface area (TPSA) is 96.0 Å². The monoisotopic (exact) mass is 561 g/mol. The number of anilines is 1. The summed E-state index contributed by atoms with van der Waals surface area (Å²) in [7, 11) is -1.22. The SMILES string of the molecule is CNC(=O)C(Cc1ccccc1)N(Cc1ccccc1F)C(=O)CN(c1cc(Cl)ccc1OC)S(C)(=O)=O. The van der Waals surface area contributed by atoms with E-state index in [4.69, 9.17) is 16.3 Å². The van der Waals surface area contributed by atoms with Gasteiger partial charge in [0, 0.05) is 30.6 Å². The Morgan fingerprint density at radius 3 is 2.32 bits per heavy atom. The van der Waals surface area contributed by atoms with Gasteiger partial charge in [0.05, 0.1) is 19.1 Å². The Bertz CT molecular complexity index is 1390. The van der Waals surface area contributed by atoms with E-state index in [1.165, 1.54) is 55.5 Å². The molecule has 0 saturated carbocycles. The predicted octanol–water partition coefficient (Wildman–Crippen LogP) is 3.64. The molecule has 38 heavy (non-hydrogen) atoms. The van der Waals surface area contributed by atoms with Crippen molar-refractivity contribution in [3.63, 3.8) is 0 Å². The van der Waals surface area contributed by atoms with Crippen molar-refractivity contribution in [1.82, 2.24) is 10.2 Å². The van der Waals surface area contributed by atoms with E-state index in [1.54, 1.807) is 30.3 Å². The summed E-state index contributed by atoms with van der Waals surface area (Å²) in [5.41, 5.74) is 0.999. The molecule has 3 aromatic carbocycles. The molecule has 0 spiro atoms. The molecule has 0 bridgehead atoms. The van der Waals surface area contributed by atoms with Crippen molar-refractivity contribution in [3.05, 3.63) is 94.8 Å². The summed E-state index contributed by atoms with van der Waals surface area (Å²) < 4.78 is 46.5. The lowest BCUT2D eigenvalue weighted by Gasteiger charge is -2.33. The third-order valence-electron chi connectivity index (χ3n) is 5.90. The molecular weight excluding hydrogens is 533 g/mol. The first-order chi connectivity index (χ1) is 18.0. The summed E-state index contributed by atoms with van der Waals surface area (Å²) in [6.45, 7) is -0.938. The molecule has 1 atom stereocenters. The molecule has 202 valence electrons. The Hall–Kier alpha value is -3.63. The third kappa shape index (κ3) is 7.23. The molecule has 8 nitrogen and oxygen atoms in total. The largest absolute Gasteiger partial charge is 0.495 e. The molecule has 0 heterocycles.